The average molecular weight is 214 g/mol. The summed E-state index contributed by atoms with van der Waals surface area (Å²) in [5.41, 5.74) is 0.198. The maximum Gasteiger partial charge on any atom is 0.306 e. The number of rotatable bonds is 3. The van der Waals surface area contributed by atoms with Crippen molar-refractivity contribution < 1.29 is 14.6 Å². The summed E-state index contributed by atoms with van der Waals surface area (Å²) in [6.07, 6.45) is 3.61. The summed E-state index contributed by atoms with van der Waals surface area (Å²) >= 11 is 0. The van der Waals surface area contributed by atoms with Gasteiger partial charge >= 0.3 is 5.97 Å². The van der Waals surface area contributed by atoms with Gasteiger partial charge in [-0.05, 0) is 31.1 Å². The van der Waals surface area contributed by atoms with E-state index in [9.17, 15) is 4.79 Å². The Balaban J connectivity index is 2.23. The lowest BCUT2D eigenvalue weighted by Gasteiger charge is -2.29. The van der Waals surface area contributed by atoms with E-state index in [1.165, 1.54) is 0 Å². The van der Waals surface area contributed by atoms with Crippen molar-refractivity contribution in [2.24, 2.45) is 11.3 Å². The first kappa shape index (κ1) is 12.5. The molecule has 0 aliphatic heterocycles. The second kappa shape index (κ2) is 4.97. The highest BCUT2D eigenvalue weighted by Crippen LogP contribution is 2.27. The van der Waals surface area contributed by atoms with Crippen LogP contribution in [0.4, 0.5) is 0 Å². The molecule has 88 valence electrons. The van der Waals surface area contributed by atoms with Crippen molar-refractivity contribution in [2.45, 2.75) is 52.6 Å². The van der Waals surface area contributed by atoms with Crippen LogP contribution in [0.1, 0.15) is 46.5 Å². The Hall–Kier alpha value is -0.570. The summed E-state index contributed by atoms with van der Waals surface area (Å²) in [6.45, 7) is 7.21. The Labute approximate surface area is 91.8 Å². The predicted octanol–water partition coefficient (Wildman–Crippen LogP) is 2.69. The smallest absolute Gasteiger partial charge is 0.306 e. The molecule has 0 aromatic rings. The number of ether oxygens (including phenoxy) is 1. The summed E-state index contributed by atoms with van der Waals surface area (Å²) in [6, 6.07) is 0. The van der Waals surface area contributed by atoms with Crippen LogP contribution in [0.25, 0.3) is 0 Å². The molecular formula is C12H22O3. The summed E-state index contributed by atoms with van der Waals surface area (Å²) in [5.74, 6) is -0.788. The summed E-state index contributed by atoms with van der Waals surface area (Å²) in [4.78, 5) is 10.7. The highest BCUT2D eigenvalue weighted by Gasteiger charge is 2.27. The molecule has 0 atom stereocenters. The minimum Gasteiger partial charge on any atom is -0.481 e. The van der Waals surface area contributed by atoms with E-state index in [0.717, 1.165) is 32.3 Å². The van der Waals surface area contributed by atoms with Crippen molar-refractivity contribution in [3.8, 4) is 0 Å². The molecule has 0 amide bonds. The fourth-order valence-electron chi connectivity index (χ4n) is 1.84. The van der Waals surface area contributed by atoms with Crippen molar-refractivity contribution in [1.29, 1.82) is 0 Å². The zero-order chi connectivity index (χ0) is 11.5. The Morgan fingerprint density at radius 3 is 2.20 bits per heavy atom. The second-order valence-corrected chi connectivity index (χ2v) is 5.68. The van der Waals surface area contributed by atoms with Crippen molar-refractivity contribution in [3.05, 3.63) is 0 Å². The lowest BCUT2D eigenvalue weighted by atomic mass is 9.87. The van der Waals surface area contributed by atoms with Crippen LogP contribution in [-0.2, 0) is 9.53 Å². The van der Waals surface area contributed by atoms with Crippen LogP contribution < -0.4 is 0 Å². The van der Waals surface area contributed by atoms with Gasteiger partial charge in [0.2, 0.25) is 0 Å². The molecule has 1 saturated carbocycles. The number of aliphatic carboxylic acids is 1. The van der Waals surface area contributed by atoms with Crippen LogP contribution in [0.2, 0.25) is 0 Å². The molecule has 1 rings (SSSR count). The Morgan fingerprint density at radius 2 is 1.80 bits per heavy atom. The zero-order valence-corrected chi connectivity index (χ0v) is 9.95. The van der Waals surface area contributed by atoms with Crippen LogP contribution >= 0.6 is 0 Å². The molecule has 0 spiro atoms. The third-order valence-electron chi connectivity index (χ3n) is 2.78. The van der Waals surface area contributed by atoms with Crippen molar-refractivity contribution in [2.75, 3.05) is 6.61 Å². The average Bonchev–Trinajstić information content (AvgIpc) is 2.14. The summed E-state index contributed by atoms with van der Waals surface area (Å²) in [5, 5.41) is 8.84. The number of hydrogen-bond donors (Lipinski definition) is 1. The molecule has 1 aliphatic rings. The molecule has 1 aliphatic carbocycles. The van der Waals surface area contributed by atoms with E-state index in [4.69, 9.17) is 9.84 Å². The quantitative estimate of drug-likeness (QED) is 0.785. The first-order valence-corrected chi connectivity index (χ1v) is 5.73. The molecule has 0 aromatic heterocycles. The molecule has 0 unspecified atom stereocenters. The largest absolute Gasteiger partial charge is 0.481 e. The van der Waals surface area contributed by atoms with Gasteiger partial charge in [-0.1, -0.05) is 20.8 Å². The molecule has 0 aromatic carbocycles. The standard InChI is InChI=1S/C12H22O3/c1-12(2,3)8-15-10-6-4-9(5-7-10)11(13)14/h9-10H,4-8H2,1-3H3,(H,13,14). The molecule has 3 nitrogen and oxygen atoms in total. The predicted molar refractivity (Wildman–Crippen MR) is 58.8 cm³/mol. The monoisotopic (exact) mass is 214 g/mol. The molecule has 0 radical (unpaired) electrons. The highest BCUT2D eigenvalue weighted by molar-refractivity contribution is 5.69. The lowest BCUT2D eigenvalue weighted by Crippen LogP contribution is -2.28. The van der Waals surface area contributed by atoms with Gasteiger partial charge < -0.3 is 9.84 Å². The summed E-state index contributed by atoms with van der Waals surface area (Å²) < 4.78 is 5.78. The van der Waals surface area contributed by atoms with Crippen LogP contribution in [0.5, 0.6) is 0 Å². The maximum absolute atomic E-state index is 10.7. The van der Waals surface area contributed by atoms with Gasteiger partial charge in [0.25, 0.3) is 0 Å². The minimum atomic E-state index is -0.649. The number of carboxylic acids is 1. The van der Waals surface area contributed by atoms with Crippen LogP contribution in [0.3, 0.4) is 0 Å². The summed E-state index contributed by atoms with van der Waals surface area (Å²) in [7, 11) is 0. The molecule has 1 N–H and O–H groups in total. The third kappa shape index (κ3) is 4.65. The first-order valence-electron chi connectivity index (χ1n) is 5.73. The SMILES string of the molecule is CC(C)(C)COC1CCC(C(=O)O)CC1. The number of carbonyl (C=O) groups is 1. The van der Waals surface area contributed by atoms with Crippen molar-refractivity contribution in [3.63, 3.8) is 0 Å². The fraction of sp³-hybridized carbons (Fsp3) is 0.917. The Morgan fingerprint density at radius 1 is 1.27 bits per heavy atom. The van der Waals surface area contributed by atoms with Crippen LogP contribution in [-0.4, -0.2) is 23.8 Å². The van der Waals surface area contributed by atoms with Gasteiger partial charge in [0, 0.05) is 0 Å². The molecule has 15 heavy (non-hydrogen) atoms. The molecule has 1 fully saturated rings. The fourth-order valence-corrected chi connectivity index (χ4v) is 1.84. The molecule has 3 heteroatoms. The van der Waals surface area contributed by atoms with Crippen molar-refractivity contribution in [1.82, 2.24) is 0 Å². The Kier molecular flexibility index (Phi) is 4.14. The minimum absolute atomic E-state index is 0.139. The van der Waals surface area contributed by atoms with Gasteiger partial charge in [0.1, 0.15) is 0 Å². The highest BCUT2D eigenvalue weighted by atomic mass is 16.5. The maximum atomic E-state index is 10.7. The van der Waals surface area contributed by atoms with Gasteiger partial charge in [0.15, 0.2) is 0 Å². The number of carboxylic acid groups (broad SMARTS) is 1. The number of hydrogen-bond acceptors (Lipinski definition) is 2. The molecule has 0 bridgehead atoms. The van der Waals surface area contributed by atoms with E-state index >= 15 is 0 Å². The van der Waals surface area contributed by atoms with Gasteiger partial charge in [-0.25, -0.2) is 0 Å². The van der Waals surface area contributed by atoms with Gasteiger partial charge in [-0.15, -0.1) is 0 Å². The molecule has 0 heterocycles. The first-order chi connectivity index (χ1) is 6.88. The molecular weight excluding hydrogens is 192 g/mol. The lowest BCUT2D eigenvalue weighted by molar-refractivity contribution is -0.144. The third-order valence-corrected chi connectivity index (χ3v) is 2.78. The van der Waals surface area contributed by atoms with Crippen LogP contribution in [0.15, 0.2) is 0 Å². The van der Waals surface area contributed by atoms with Gasteiger partial charge in [0.05, 0.1) is 18.6 Å². The zero-order valence-electron chi connectivity index (χ0n) is 9.95. The Bertz CT molecular complexity index is 209. The van der Waals surface area contributed by atoms with E-state index in [-0.39, 0.29) is 17.4 Å². The van der Waals surface area contributed by atoms with Gasteiger partial charge in [-0.3, -0.25) is 4.79 Å². The van der Waals surface area contributed by atoms with E-state index < -0.39 is 5.97 Å². The second-order valence-electron chi connectivity index (χ2n) is 5.68. The normalized spacial score (nSPS) is 27.7. The van der Waals surface area contributed by atoms with Crippen molar-refractivity contribution >= 4 is 5.97 Å². The molecule has 0 saturated heterocycles. The van der Waals surface area contributed by atoms with E-state index in [1.54, 1.807) is 0 Å². The van der Waals surface area contributed by atoms with E-state index in [1.807, 2.05) is 0 Å². The topological polar surface area (TPSA) is 46.5 Å². The van der Waals surface area contributed by atoms with E-state index in [0.29, 0.717) is 0 Å². The van der Waals surface area contributed by atoms with Crippen LogP contribution in [0, 0.1) is 11.3 Å². The van der Waals surface area contributed by atoms with Gasteiger partial charge in [-0.2, -0.15) is 0 Å². The van der Waals surface area contributed by atoms with E-state index in [2.05, 4.69) is 20.8 Å².